The molecule has 3 aliphatic heterocycles. The lowest BCUT2D eigenvalue weighted by Gasteiger charge is -2.38. The van der Waals surface area contributed by atoms with Crippen molar-refractivity contribution >= 4 is 11.8 Å². The second-order valence-corrected chi connectivity index (χ2v) is 10.1. The first-order chi connectivity index (χ1) is 20.6. The molecule has 0 fully saturated rings. The van der Waals surface area contributed by atoms with Crippen molar-refractivity contribution in [3.8, 4) is 28.7 Å². The fourth-order valence-corrected chi connectivity index (χ4v) is 5.29. The lowest BCUT2D eigenvalue weighted by molar-refractivity contribution is -0.135. The summed E-state index contributed by atoms with van der Waals surface area (Å²) in [5.74, 6) is 2.69. The summed E-state index contributed by atoms with van der Waals surface area (Å²) in [4.78, 5) is 32.3. The molecule has 8 bridgehead atoms. The van der Waals surface area contributed by atoms with E-state index in [4.69, 9.17) is 18.9 Å². The maximum absolute atomic E-state index is 13.7. The van der Waals surface area contributed by atoms with Gasteiger partial charge in [-0.1, -0.05) is 24.3 Å². The average Bonchev–Trinajstić information content (AvgIpc) is 3.02. The maximum atomic E-state index is 13.7. The second-order valence-electron chi connectivity index (χ2n) is 10.1. The number of carbonyl (C=O) groups is 2. The predicted octanol–water partition coefficient (Wildman–Crippen LogP) is 4.95. The molecule has 1 N–H and O–H groups in total. The van der Waals surface area contributed by atoms with Gasteiger partial charge in [0.15, 0.2) is 6.61 Å². The van der Waals surface area contributed by atoms with Gasteiger partial charge < -0.3 is 29.2 Å². The Hall–Kier alpha value is -5.05. The van der Waals surface area contributed by atoms with Crippen LogP contribution in [0.1, 0.15) is 39.5 Å². The van der Waals surface area contributed by atoms with Gasteiger partial charge in [-0.05, 0) is 72.0 Å². The van der Waals surface area contributed by atoms with Crippen LogP contribution in [0.2, 0.25) is 0 Å². The molecule has 0 spiro atoms. The Morgan fingerprint density at radius 1 is 1.00 bits per heavy atom. The standard InChI is InChI=1S/C33H31N3O6/c1-39-25-6-3-8-27(18-25)41-21-31(37)36-13-11-22-15-28-9-10-30(22)32(36)23-5-2-7-26(16-23)40-14-4-12-35-33(38)24-17-29(42-28)20-34-19-24/h2-3,5-10,15-20,32H,4,11-14,21H2,1H3,(H,35,38). The van der Waals surface area contributed by atoms with Crippen LogP contribution in [0.15, 0.2) is 85.2 Å². The van der Waals surface area contributed by atoms with E-state index in [0.717, 1.165) is 16.7 Å². The quantitative estimate of drug-likeness (QED) is 0.374. The fraction of sp³-hybridized carbons (Fsp3) is 0.242. The summed E-state index contributed by atoms with van der Waals surface area (Å²) < 4.78 is 23.3. The summed E-state index contributed by atoms with van der Waals surface area (Å²) in [5, 5.41) is 2.90. The maximum Gasteiger partial charge on any atom is 0.261 e. The van der Waals surface area contributed by atoms with Gasteiger partial charge in [0.05, 0.1) is 31.5 Å². The Balaban J connectivity index is 1.33. The number of rotatable bonds is 4. The summed E-state index contributed by atoms with van der Waals surface area (Å²) in [7, 11) is 1.59. The van der Waals surface area contributed by atoms with Crippen molar-refractivity contribution in [2.24, 2.45) is 0 Å². The molecular weight excluding hydrogens is 534 g/mol. The number of hydrogen-bond donors (Lipinski definition) is 1. The van der Waals surface area contributed by atoms with Crippen molar-refractivity contribution in [3.05, 3.63) is 107 Å². The van der Waals surface area contributed by atoms with Crippen LogP contribution >= 0.6 is 0 Å². The van der Waals surface area contributed by atoms with Crippen LogP contribution in [-0.4, -0.2) is 55.1 Å². The van der Waals surface area contributed by atoms with Gasteiger partial charge in [0.2, 0.25) is 0 Å². The minimum absolute atomic E-state index is 0.106. The molecule has 214 valence electrons. The Labute approximate surface area is 244 Å². The number of amides is 2. The molecule has 4 heterocycles. The molecule has 3 aromatic carbocycles. The van der Waals surface area contributed by atoms with Gasteiger partial charge >= 0.3 is 0 Å². The number of nitrogens with zero attached hydrogens (tertiary/aromatic N) is 2. The molecule has 0 aliphatic carbocycles. The Kier molecular flexibility index (Phi) is 7.89. The predicted molar refractivity (Wildman–Crippen MR) is 155 cm³/mol. The lowest BCUT2D eigenvalue weighted by atomic mass is 9.87. The summed E-state index contributed by atoms with van der Waals surface area (Å²) in [6.07, 6.45) is 4.37. The zero-order chi connectivity index (χ0) is 28.9. The fourth-order valence-electron chi connectivity index (χ4n) is 5.29. The van der Waals surface area contributed by atoms with E-state index in [1.165, 1.54) is 6.20 Å². The molecule has 1 atom stereocenters. The number of nitrogens with one attached hydrogen (secondary N) is 1. The number of pyridine rings is 1. The van der Waals surface area contributed by atoms with Crippen LogP contribution in [0.3, 0.4) is 0 Å². The van der Waals surface area contributed by atoms with Crippen molar-refractivity contribution in [3.63, 3.8) is 0 Å². The van der Waals surface area contributed by atoms with Gasteiger partial charge in [0, 0.05) is 25.4 Å². The first-order valence-electron chi connectivity index (χ1n) is 13.9. The van der Waals surface area contributed by atoms with Crippen molar-refractivity contribution in [1.82, 2.24) is 15.2 Å². The summed E-state index contributed by atoms with van der Waals surface area (Å²) in [6, 6.07) is 22.2. The Morgan fingerprint density at radius 2 is 1.88 bits per heavy atom. The topological polar surface area (TPSA) is 99.2 Å². The van der Waals surface area contributed by atoms with Crippen molar-refractivity contribution in [2.45, 2.75) is 18.9 Å². The number of carbonyl (C=O) groups excluding carboxylic acids is 2. The van der Waals surface area contributed by atoms with Gasteiger partial charge in [-0.25, -0.2) is 0 Å². The minimum Gasteiger partial charge on any atom is -0.497 e. The van der Waals surface area contributed by atoms with Crippen molar-refractivity contribution < 1.29 is 28.5 Å². The molecule has 9 nitrogen and oxygen atoms in total. The number of hydrogen-bond acceptors (Lipinski definition) is 7. The van der Waals surface area contributed by atoms with Gasteiger partial charge in [-0.3, -0.25) is 14.6 Å². The molecule has 2 amide bonds. The largest absolute Gasteiger partial charge is 0.497 e. The van der Waals surface area contributed by atoms with Crippen LogP contribution in [0.25, 0.3) is 0 Å². The molecule has 7 rings (SSSR count). The number of methoxy groups -OCH3 is 1. The van der Waals surface area contributed by atoms with Crippen LogP contribution in [0.5, 0.6) is 28.7 Å². The van der Waals surface area contributed by atoms with Crippen LogP contribution in [0, 0.1) is 0 Å². The van der Waals surface area contributed by atoms with E-state index in [0.29, 0.717) is 66.8 Å². The highest BCUT2D eigenvalue weighted by atomic mass is 16.5. The number of benzene rings is 3. The average molecular weight is 566 g/mol. The molecule has 1 aromatic heterocycles. The molecule has 4 aromatic rings. The monoisotopic (exact) mass is 565 g/mol. The molecule has 9 heteroatoms. The number of fused-ring (bicyclic) bond motifs is 6. The van der Waals surface area contributed by atoms with E-state index in [-0.39, 0.29) is 24.5 Å². The molecule has 1 unspecified atom stereocenters. The van der Waals surface area contributed by atoms with Crippen molar-refractivity contribution in [1.29, 1.82) is 0 Å². The third kappa shape index (κ3) is 6.00. The molecule has 3 aliphatic rings. The molecule has 0 saturated heterocycles. The van der Waals surface area contributed by atoms with Gasteiger partial charge in [-0.2, -0.15) is 0 Å². The molecule has 42 heavy (non-hydrogen) atoms. The highest BCUT2D eigenvalue weighted by molar-refractivity contribution is 5.94. The minimum atomic E-state index is -0.337. The van der Waals surface area contributed by atoms with Gasteiger partial charge in [0.1, 0.15) is 28.7 Å². The number of aromatic nitrogens is 1. The Morgan fingerprint density at radius 3 is 2.79 bits per heavy atom. The summed E-state index contributed by atoms with van der Waals surface area (Å²) >= 11 is 0. The normalized spacial score (nSPS) is 16.3. The van der Waals surface area contributed by atoms with Crippen LogP contribution in [0.4, 0.5) is 0 Å². The van der Waals surface area contributed by atoms with Crippen LogP contribution in [-0.2, 0) is 11.2 Å². The van der Waals surface area contributed by atoms with Gasteiger partial charge in [-0.15, -0.1) is 0 Å². The first-order valence-corrected chi connectivity index (χ1v) is 13.9. The van der Waals surface area contributed by atoms with Gasteiger partial charge in [0.25, 0.3) is 11.8 Å². The molecule has 0 radical (unpaired) electrons. The third-order valence-electron chi connectivity index (χ3n) is 7.33. The molecule has 0 saturated carbocycles. The second kappa shape index (κ2) is 12.2. The van der Waals surface area contributed by atoms with Crippen molar-refractivity contribution in [2.75, 3.05) is 33.4 Å². The lowest BCUT2D eigenvalue weighted by Crippen LogP contribution is -2.43. The first kappa shape index (κ1) is 27.1. The molecular formula is C33H31N3O6. The van der Waals surface area contributed by atoms with Crippen LogP contribution < -0.4 is 24.3 Å². The van der Waals surface area contributed by atoms with E-state index in [2.05, 4.69) is 10.3 Å². The Bertz CT molecular complexity index is 1610. The smallest absolute Gasteiger partial charge is 0.261 e. The van der Waals surface area contributed by atoms with E-state index in [1.54, 1.807) is 31.5 Å². The zero-order valence-corrected chi connectivity index (χ0v) is 23.2. The van der Waals surface area contributed by atoms with E-state index < -0.39 is 0 Å². The van der Waals surface area contributed by atoms with E-state index in [1.807, 2.05) is 59.5 Å². The SMILES string of the molecule is COc1cccc(OCC(=O)N2CCc3cc4ccc3C2c2cccc(c2)OCCCNC(=O)c2cncc(c2)O4)c1. The summed E-state index contributed by atoms with van der Waals surface area (Å²) in [5.41, 5.74) is 3.44. The highest BCUT2D eigenvalue weighted by Gasteiger charge is 2.33. The number of ether oxygens (including phenoxy) is 4. The third-order valence-corrected chi connectivity index (χ3v) is 7.33. The zero-order valence-electron chi connectivity index (χ0n) is 23.2. The van der Waals surface area contributed by atoms with E-state index >= 15 is 0 Å². The summed E-state index contributed by atoms with van der Waals surface area (Å²) in [6.45, 7) is 1.27. The van der Waals surface area contributed by atoms with E-state index in [9.17, 15) is 9.59 Å². The highest BCUT2D eigenvalue weighted by Crippen LogP contribution is 2.38.